The Balaban J connectivity index is 0.000000331. The Morgan fingerprint density at radius 1 is 0.833 bits per heavy atom. The maximum atomic E-state index is 10.0. The van der Waals surface area contributed by atoms with Crippen molar-refractivity contribution in [3.05, 3.63) is 12.2 Å². The molecule has 1 aliphatic carbocycles. The highest BCUT2D eigenvalue weighted by atomic mass is 16.4. The lowest BCUT2D eigenvalue weighted by Gasteiger charge is -2.05. The van der Waals surface area contributed by atoms with Gasteiger partial charge in [0.05, 0.1) is 0 Å². The number of hydrogen-bond donors (Lipinski definition) is 1. The SMILES string of the molecule is C1CCCCCCCCC1.C=C(C(=O)O)C(C)C. The molecule has 0 atom stereocenters. The predicted molar refractivity (Wildman–Crippen MR) is 77.8 cm³/mol. The molecule has 0 saturated heterocycles. The van der Waals surface area contributed by atoms with Crippen LogP contribution in [0.3, 0.4) is 0 Å². The molecule has 1 saturated carbocycles. The number of carboxylic acid groups (broad SMARTS) is 1. The molecule has 18 heavy (non-hydrogen) atoms. The van der Waals surface area contributed by atoms with Crippen LogP contribution < -0.4 is 0 Å². The third-order valence-corrected chi connectivity index (χ3v) is 3.47. The van der Waals surface area contributed by atoms with Crippen molar-refractivity contribution in [2.45, 2.75) is 78.1 Å². The molecular weight excluding hydrogens is 224 g/mol. The van der Waals surface area contributed by atoms with Gasteiger partial charge in [0.2, 0.25) is 0 Å². The first-order chi connectivity index (χ1) is 8.55. The molecule has 0 bridgehead atoms. The van der Waals surface area contributed by atoms with Crippen LogP contribution in [0.2, 0.25) is 0 Å². The molecule has 0 aromatic heterocycles. The van der Waals surface area contributed by atoms with Crippen LogP contribution in [0.5, 0.6) is 0 Å². The Kier molecular flexibility index (Phi) is 10.8. The molecule has 0 heterocycles. The van der Waals surface area contributed by atoms with E-state index in [4.69, 9.17) is 5.11 Å². The molecule has 1 aliphatic rings. The number of aliphatic carboxylic acids is 1. The van der Waals surface area contributed by atoms with E-state index in [0.29, 0.717) is 0 Å². The number of hydrogen-bond acceptors (Lipinski definition) is 1. The van der Waals surface area contributed by atoms with E-state index in [-0.39, 0.29) is 11.5 Å². The van der Waals surface area contributed by atoms with Gasteiger partial charge in [0.1, 0.15) is 0 Å². The Bertz CT molecular complexity index is 198. The van der Waals surface area contributed by atoms with Gasteiger partial charge in [-0.15, -0.1) is 0 Å². The minimum Gasteiger partial charge on any atom is -0.478 e. The third kappa shape index (κ3) is 10.4. The molecule has 0 aliphatic heterocycles. The Morgan fingerprint density at radius 3 is 1.11 bits per heavy atom. The van der Waals surface area contributed by atoms with Gasteiger partial charge < -0.3 is 5.11 Å². The second-order valence-electron chi connectivity index (χ2n) is 5.52. The van der Waals surface area contributed by atoms with Gasteiger partial charge in [-0.3, -0.25) is 0 Å². The van der Waals surface area contributed by atoms with E-state index in [2.05, 4.69) is 6.58 Å². The van der Waals surface area contributed by atoms with Gasteiger partial charge in [0, 0.05) is 5.57 Å². The highest BCUT2D eigenvalue weighted by Crippen LogP contribution is 2.15. The monoisotopic (exact) mass is 254 g/mol. The molecule has 2 nitrogen and oxygen atoms in total. The highest BCUT2D eigenvalue weighted by molar-refractivity contribution is 5.86. The van der Waals surface area contributed by atoms with Crippen molar-refractivity contribution in [1.29, 1.82) is 0 Å². The smallest absolute Gasteiger partial charge is 0.331 e. The van der Waals surface area contributed by atoms with Gasteiger partial charge in [0.25, 0.3) is 0 Å². The van der Waals surface area contributed by atoms with Crippen LogP contribution in [0, 0.1) is 5.92 Å². The second kappa shape index (κ2) is 11.3. The molecular formula is C16H30O2. The summed E-state index contributed by atoms with van der Waals surface area (Å²) in [6.45, 7) is 6.96. The van der Waals surface area contributed by atoms with E-state index in [1.807, 2.05) is 0 Å². The van der Waals surface area contributed by atoms with Gasteiger partial charge in [-0.2, -0.15) is 0 Å². The minimum atomic E-state index is -0.903. The molecule has 106 valence electrons. The van der Waals surface area contributed by atoms with Crippen molar-refractivity contribution in [1.82, 2.24) is 0 Å². The fourth-order valence-corrected chi connectivity index (χ4v) is 2.01. The zero-order valence-corrected chi connectivity index (χ0v) is 12.2. The highest BCUT2D eigenvalue weighted by Gasteiger charge is 2.06. The van der Waals surface area contributed by atoms with Gasteiger partial charge in [0.15, 0.2) is 0 Å². The first-order valence-electron chi connectivity index (χ1n) is 7.47. The lowest BCUT2D eigenvalue weighted by Crippen LogP contribution is -2.04. The largest absolute Gasteiger partial charge is 0.478 e. The summed E-state index contributed by atoms with van der Waals surface area (Å²) in [5, 5.41) is 8.25. The zero-order chi connectivity index (χ0) is 13.8. The zero-order valence-electron chi connectivity index (χ0n) is 12.2. The molecule has 1 rings (SSSR count). The van der Waals surface area contributed by atoms with Crippen molar-refractivity contribution in [2.75, 3.05) is 0 Å². The van der Waals surface area contributed by atoms with Gasteiger partial charge in [-0.25, -0.2) is 4.79 Å². The Labute approximate surface area is 112 Å². The van der Waals surface area contributed by atoms with Gasteiger partial charge in [-0.05, 0) is 5.92 Å². The molecule has 1 N–H and O–H groups in total. The summed E-state index contributed by atoms with van der Waals surface area (Å²) in [7, 11) is 0. The summed E-state index contributed by atoms with van der Waals surface area (Å²) in [5.41, 5.74) is 0.269. The van der Waals surface area contributed by atoms with Crippen molar-refractivity contribution in [3.8, 4) is 0 Å². The van der Waals surface area contributed by atoms with Crippen molar-refractivity contribution in [2.24, 2.45) is 5.92 Å². The summed E-state index contributed by atoms with van der Waals surface area (Å²) in [5.74, 6) is -0.854. The predicted octanol–water partition coefficient (Wildman–Crippen LogP) is 5.18. The van der Waals surface area contributed by atoms with E-state index in [9.17, 15) is 4.79 Å². The lowest BCUT2D eigenvalue weighted by atomic mass is 10.0. The number of carboxylic acids is 1. The van der Waals surface area contributed by atoms with E-state index < -0.39 is 5.97 Å². The van der Waals surface area contributed by atoms with Crippen molar-refractivity contribution >= 4 is 5.97 Å². The summed E-state index contributed by atoms with van der Waals surface area (Å²) < 4.78 is 0. The fraction of sp³-hybridized carbons (Fsp3) is 0.812. The number of rotatable bonds is 2. The molecule has 0 amide bonds. The van der Waals surface area contributed by atoms with Crippen LogP contribution in [0.1, 0.15) is 78.1 Å². The minimum absolute atomic E-state index is 0.0486. The summed E-state index contributed by atoms with van der Waals surface area (Å²) in [6, 6.07) is 0. The van der Waals surface area contributed by atoms with Crippen LogP contribution >= 0.6 is 0 Å². The lowest BCUT2D eigenvalue weighted by molar-refractivity contribution is -0.133. The molecule has 2 heteroatoms. The summed E-state index contributed by atoms with van der Waals surface area (Å²) in [6.07, 6.45) is 15.0. The van der Waals surface area contributed by atoms with Crippen LogP contribution in [0.25, 0.3) is 0 Å². The van der Waals surface area contributed by atoms with Crippen molar-refractivity contribution in [3.63, 3.8) is 0 Å². The Morgan fingerprint density at radius 2 is 1.06 bits per heavy atom. The molecule has 0 aromatic carbocycles. The van der Waals surface area contributed by atoms with Crippen LogP contribution in [0.4, 0.5) is 0 Å². The maximum Gasteiger partial charge on any atom is 0.331 e. The van der Waals surface area contributed by atoms with Crippen LogP contribution in [0.15, 0.2) is 12.2 Å². The van der Waals surface area contributed by atoms with Crippen LogP contribution in [-0.4, -0.2) is 11.1 Å². The van der Waals surface area contributed by atoms with E-state index in [1.165, 1.54) is 64.2 Å². The molecule has 0 unspecified atom stereocenters. The van der Waals surface area contributed by atoms with Crippen LogP contribution in [-0.2, 0) is 4.79 Å². The average molecular weight is 254 g/mol. The Hall–Kier alpha value is -0.790. The molecule has 1 fully saturated rings. The van der Waals surface area contributed by atoms with Crippen molar-refractivity contribution < 1.29 is 9.90 Å². The summed E-state index contributed by atoms with van der Waals surface area (Å²) >= 11 is 0. The summed E-state index contributed by atoms with van der Waals surface area (Å²) in [4.78, 5) is 10.0. The standard InChI is InChI=1S/C10H20.C6H10O2/c1-2-4-6-8-10-9-7-5-3-1;1-4(2)5(3)6(7)8/h1-10H2;4H,3H2,1-2H3,(H,7,8). The molecule has 0 radical (unpaired) electrons. The molecule has 0 aromatic rings. The molecule has 0 spiro atoms. The first-order valence-corrected chi connectivity index (χ1v) is 7.47. The maximum absolute atomic E-state index is 10.0. The quantitative estimate of drug-likeness (QED) is 0.689. The average Bonchev–Trinajstić information content (AvgIpc) is 2.36. The second-order valence-corrected chi connectivity index (χ2v) is 5.52. The normalized spacial score (nSPS) is 17.5. The first kappa shape index (κ1) is 17.2. The fourth-order valence-electron chi connectivity index (χ4n) is 2.01. The topological polar surface area (TPSA) is 37.3 Å². The van der Waals surface area contributed by atoms with Gasteiger partial charge >= 0.3 is 5.97 Å². The van der Waals surface area contributed by atoms with E-state index in [0.717, 1.165) is 0 Å². The van der Waals surface area contributed by atoms with E-state index in [1.54, 1.807) is 13.8 Å². The number of carbonyl (C=O) groups is 1. The third-order valence-electron chi connectivity index (χ3n) is 3.47. The van der Waals surface area contributed by atoms with Gasteiger partial charge in [-0.1, -0.05) is 84.6 Å². The van der Waals surface area contributed by atoms with E-state index >= 15 is 0 Å².